The lowest BCUT2D eigenvalue weighted by atomic mass is 9.84. The summed E-state index contributed by atoms with van der Waals surface area (Å²) < 4.78 is 5.28. The zero-order chi connectivity index (χ0) is 25.1. The normalized spacial score (nSPS) is 20.3. The van der Waals surface area contributed by atoms with Crippen LogP contribution in [0.5, 0.6) is 0 Å². The van der Waals surface area contributed by atoms with E-state index in [4.69, 9.17) is 21.3 Å². The van der Waals surface area contributed by atoms with E-state index in [0.29, 0.717) is 37.7 Å². The van der Waals surface area contributed by atoms with Gasteiger partial charge in [-0.3, -0.25) is 9.78 Å². The van der Waals surface area contributed by atoms with Crippen molar-refractivity contribution in [2.75, 3.05) is 46.9 Å². The number of benzene rings is 1. The fourth-order valence-corrected chi connectivity index (χ4v) is 5.51. The van der Waals surface area contributed by atoms with Crippen LogP contribution in [0.3, 0.4) is 0 Å². The number of hydrogen-bond donors (Lipinski definition) is 0. The smallest absolute Gasteiger partial charge is 0.410 e. The second-order valence-electron chi connectivity index (χ2n) is 10.2. The number of pyridine rings is 1. The molecule has 0 N–H and O–H groups in total. The van der Waals surface area contributed by atoms with Crippen molar-refractivity contribution >= 4 is 34.5 Å². The molecule has 2 aliphatic rings. The minimum absolute atomic E-state index is 0.0418. The van der Waals surface area contributed by atoms with Crippen LogP contribution in [0.1, 0.15) is 54.7 Å². The van der Waals surface area contributed by atoms with Crippen molar-refractivity contribution in [1.29, 1.82) is 0 Å². The van der Waals surface area contributed by atoms with Crippen molar-refractivity contribution in [3.8, 4) is 0 Å². The Morgan fingerprint density at radius 2 is 2.06 bits per heavy atom. The van der Waals surface area contributed by atoms with E-state index >= 15 is 0 Å². The Balaban J connectivity index is 1.49. The zero-order valence-corrected chi connectivity index (χ0v) is 22.1. The van der Waals surface area contributed by atoms with Crippen LogP contribution in [0.2, 0.25) is 5.02 Å². The summed E-state index contributed by atoms with van der Waals surface area (Å²) >= 11 is 6.82. The highest BCUT2D eigenvalue weighted by atomic mass is 35.5. The van der Waals surface area contributed by atoms with Crippen LogP contribution in [0.15, 0.2) is 18.2 Å². The number of ether oxygens (including phenoxy) is 1. The molecule has 1 aliphatic heterocycles. The number of hydrogen-bond acceptors (Lipinski definition) is 5. The maximum atomic E-state index is 13.3. The average Bonchev–Trinajstić information content (AvgIpc) is 2.85. The first-order chi connectivity index (χ1) is 16.8. The molecule has 2 amide bonds. The predicted octanol–water partition coefficient (Wildman–Crippen LogP) is 4.64. The van der Waals surface area contributed by atoms with E-state index in [1.165, 1.54) is 5.56 Å². The molecule has 35 heavy (non-hydrogen) atoms. The van der Waals surface area contributed by atoms with E-state index in [9.17, 15) is 9.59 Å². The van der Waals surface area contributed by atoms with Crippen LogP contribution in [0.4, 0.5) is 4.79 Å². The molecule has 1 aromatic carbocycles. The Morgan fingerprint density at radius 1 is 1.26 bits per heavy atom. The van der Waals surface area contributed by atoms with Gasteiger partial charge in [-0.05, 0) is 83.3 Å². The van der Waals surface area contributed by atoms with E-state index in [1.54, 1.807) is 4.90 Å². The summed E-state index contributed by atoms with van der Waals surface area (Å²) in [5.74, 6) is 0.567. The molecule has 0 spiro atoms. The van der Waals surface area contributed by atoms with Gasteiger partial charge in [0.05, 0.1) is 17.1 Å². The van der Waals surface area contributed by atoms with Gasteiger partial charge < -0.3 is 19.4 Å². The zero-order valence-electron chi connectivity index (χ0n) is 21.3. The Kier molecular flexibility index (Phi) is 8.17. The van der Waals surface area contributed by atoms with Crippen LogP contribution in [-0.2, 0) is 17.6 Å². The summed E-state index contributed by atoms with van der Waals surface area (Å²) in [4.78, 5) is 36.4. The SMILES string of the molecule is CCCOC(=O)N1CCN(C(=O)c2ccc3c(Cl)c4c(nc3c2)CC(CCN(C)C)CC4)C[C@H]1C. The first kappa shape index (κ1) is 25.7. The monoisotopic (exact) mass is 500 g/mol. The Bertz CT molecular complexity index is 1090. The summed E-state index contributed by atoms with van der Waals surface area (Å²) in [5.41, 5.74) is 3.63. The molecule has 0 saturated carbocycles. The van der Waals surface area contributed by atoms with E-state index < -0.39 is 0 Å². The molecule has 1 saturated heterocycles. The minimum Gasteiger partial charge on any atom is -0.449 e. The lowest BCUT2D eigenvalue weighted by Gasteiger charge is -2.39. The second kappa shape index (κ2) is 11.1. The Morgan fingerprint density at radius 3 is 2.77 bits per heavy atom. The topological polar surface area (TPSA) is 66.0 Å². The number of carbonyl (C=O) groups is 2. The van der Waals surface area contributed by atoms with Crippen LogP contribution in [-0.4, -0.2) is 84.6 Å². The fourth-order valence-electron chi connectivity index (χ4n) is 5.15. The maximum absolute atomic E-state index is 13.3. The molecular weight excluding hydrogens is 464 g/mol. The molecule has 7 nitrogen and oxygen atoms in total. The van der Waals surface area contributed by atoms with Crippen LogP contribution in [0, 0.1) is 5.92 Å². The summed E-state index contributed by atoms with van der Waals surface area (Å²) in [6.45, 7) is 6.83. The standard InChI is InChI=1S/C27H37ClN4O3/c1-5-14-35-27(34)32-13-12-31(17-18(32)2)26(33)20-7-9-22-24(16-20)29-23-15-19(10-11-30(3)4)6-8-21(23)25(22)28/h7,9,16,18-19H,5-6,8,10-15,17H2,1-4H3/t18-,19?/m1/s1. The number of carbonyl (C=O) groups excluding carboxylic acids is 2. The quantitative estimate of drug-likeness (QED) is 0.578. The molecule has 8 heteroatoms. The molecular formula is C27H37ClN4O3. The summed E-state index contributed by atoms with van der Waals surface area (Å²) in [5, 5.41) is 1.69. The van der Waals surface area contributed by atoms with E-state index in [-0.39, 0.29) is 18.0 Å². The molecule has 1 aliphatic carbocycles. The van der Waals surface area contributed by atoms with Crippen LogP contribution < -0.4 is 0 Å². The van der Waals surface area contributed by atoms with Crippen molar-refractivity contribution in [2.45, 2.75) is 52.0 Å². The molecule has 1 aromatic heterocycles. The number of fused-ring (bicyclic) bond motifs is 2. The van der Waals surface area contributed by atoms with Crippen molar-refractivity contribution < 1.29 is 14.3 Å². The predicted molar refractivity (Wildman–Crippen MR) is 139 cm³/mol. The molecule has 2 atom stereocenters. The first-order valence-electron chi connectivity index (χ1n) is 12.8. The number of halogens is 1. The first-order valence-corrected chi connectivity index (χ1v) is 13.1. The van der Waals surface area contributed by atoms with Crippen LogP contribution in [0.25, 0.3) is 10.9 Å². The molecule has 0 radical (unpaired) electrons. The van der Waals surface area contributed by atoms with E-state index in [1.807, 2.05) is 36.9 Å². The lowest BCUT2D eigenvalue weighted by Crippen LogP contribution is -2.55. The van der Waals surface area contributed by atoms with Gasteiger partial charge in [-0.1, -0.05) is 24.6 Å². The lowest BCUT2D eigenvalue weighted by molar-refractivity contribution is 0.0412. The average molecular weight is 501 g/mol. The summed E-state index contributed by atoms with van der Waals surface area (Å²) in [6.07, 6.45) is 4.67. The van der Waals surface area contributed by atoms with Gasteiger partial charge in [0.1, 0.15) is 0 Å². The highest BCUT2D eigenvalue weighted by Gasteiger charge is 2.31. The van der Waals surface area contributed by atoms with Gasteiger partial charge in [-0.2, -0.15) is 0 Å². The number of rotatable bonds is 6. The van der Waals surface area contributed by atoms with E-state index in [2.05, 4.69) is 19.0 Å². The van der Waals surface area contributed by atoms with Gasteiger partial charge in [-0.15, -0.1) is 0 Å². The second-order valence-corrected chi connectivity index (χ2v) is 10.6. The number of aromatic nitrogens is 1. The summed E-state index contributed by atoms with van der Waals surface area (Å²) in [7, 11) is 4.22. The van der Waals surface area contributed by atoms with Gasteiger partial charge in [-0.25, -0.2) is 4.79 Å². The maximum Gasteiger partial charge on any atom is 0.410 e. The van der Waals surface area contributed by atoms with Crippen molar-refractivity contribution in [3.05, 3.63) is 40.0 Å². The molecule has 4 rings (SSSR count). The van der Waals surface area contributed by atoms with E-state index in [0.717, 1.165) is 60.3 Å². The van der Waals surface area contributed by atoms with Gasteiger partial charge in [0.25, 0.3) is 5.91 Å². The van der Waals surface area contributed by atoms with Gasteiger partial charge in [0.2, 0.25) is 0 Å². The van der Waals surface area contributed by atoms with Gasteiger partial charge in [0.15, 0.2) is 0 Å². The van der Waals surface area contributed by atoms with Gasteiger partial charge in [0, 0.05) is 42.3 Å². The number of piperazine rings is 1. The largest absolute Gasteiger partial charge is 0.449 e. The molecule has 190 valence electrons. The molecule has 1 unspecified atom stereocenters. The third-order valence-corrected chi connectivity index (χ3v) is 7.63. The number of nitrogens with zero attached hydrogens (tertiary/aromatic N) is 4. The fraction of sp³-hybridized carbons (Fsp3) is 0.593. The molecule has 0 bridgehead atoms. The van der Waals surface area contributed by atoms with Crippen molar-refractivity contribution in [2.24, 2.45) is 5.92 Å². The van der Waals surface area contributed by atoms with Crippen LogP contribution >= 0.6 is 11.6 Å². The minimum atomic E-state index is -0.301. The third kappa shape index (κ3) is 5.72. The van der Waals surface area contributed by atoms with Crippen molar-refractivity contribution in [1.82, 2.24) is 19.7 Å². The number of amides is 2. The Hall–Kier alpha value is -2.38. The summed E-state index contributed by atoms with van der Waals surface area (Å²) in [6, 6.07) is 5.55. The van der Waals surface area contributed by atoms with Crippen molar-refractivity contribution in [3.63, 3.8) is 0 Å². The molecule has 1 fully saturated rings. The third-order valence-electron chi connectivity index (χ3n) is 7.20. The Labute approximate surface area is 213 Å². The van der Waals surface area contributed by atoms with Gasteiger partial charge >= 0.3 is 6.09 Å². The molecule has 2 heterocycles. The highest BCUT2D eigenvalue weighted by molar-refractivity contribution is 6.36. The molecule has 2 aromatic rings. The highest BCUT2D eigenvalue weighted by Crippen LogP contribution is 2.36.